The van der Waals surface area contributed by atoms with Crippen molar-refractivity contribution in [3.8, 4) is 0 Å². The van der Waals surface area contributed by atoms with Crippen molar-refractivity contribution in [3.05, 3.63) is 108 Å². The smallest absolute Gasteiger partial charge is 0.411 e. The highest BCUT2D eigenvalue weighted by Crippen LogP contribution is 2.45. The fourth-order valence-corrected chi connectivity index (χ4v) is 5.28. The van der Waals surface area contributed by atoms with Crippen molar-refractivity contribution < 1.29 is 14.3 Å². The minimum absolute atomic E-state index is 0.114. The van der Waals surface area contributed by atoms with Crippen LogP contribution in [0.1, 0.15) is 16.7 Å². The van der Waals surface area contributed by atoms with Crippen LogP contribution in [0.5, 0.6) is 0 Å². The zero-order valence-corrected chi connectivity index (χ0v) is 20.5. The van der Waals surface area contributed by atoms with Gasteiger partial charge in [0.1, 0.15) is 6.04 Å². The molecule has 7 nitrogen and oxygen atoms in total. The maximum absolute atomic E-state index is 13.1. The number of cyclic esters (lactones) is 1. The lowest BCUT2D eigenvalue weighted by atomic mass is 9.79. The van der Waals surface area contributed by atoms with Gasteiger partial charge < -0.3 is 19.9 Å². The molecule has 36 heavy (non-hydrogen) atoms. The predicted octanol–water partition coefficient (Wildman–Crippen LogP) is 3.91. The normalized spacial score (nSPS) is 18.6. The lowest BCUT2D eigenvalue weighted by Crippen LogP contribution is -2.60. The molecule has 0 radical (unpaired) electrons. The molecule has 0 saturated carbocycles. The van der Waals surface area contributed by atoms with E-state index in [9.17, 15) is 9.59 Å². The number of hydrogen-bond donors (Lipinski definition) is 1. The van der Waals surface area contributed by atoms with E-state index in [2.05, 4.69) is 22.3 Å². The molecule has 186 valence electrons. The summed E-state index contributed by atoms with van der Waals surface area (Å²) in [4.78, 5) is 31.9. The van der Waals surface area contributed by atoms with Crippen LogP contribution in [0.4, 0.5) is 9.59 Å². The van der Waals surface area contributed by atoms with Crippen molar-refractivity contribution in [1.82, 2.24) is 20.0 Å². The number of benzene rings is 3. The summed E-state index contributed by atoms with van der Waals surface area (Å²) in [6.07, 6.45) is -0.338. The Bertz CT molecular complexity index is 1130. The van der Waals surface area contributed by atoms with Crippen molar-refractivity contribution >= 4 is 12.1 Å². The number of likely N-dealkylation sites (N-methyl/N-ethyl adjacent to an activating group) is 1. The number of carbonyl (C=O) groups is 2. The third kappa shape index (κ3) is 4.66. The maximum Gasteiger partial charge on any atom is 0.411 e. The summed E-state index contributed by atoms with van der Waals surface area (Å²) in [6, 6.07) is 29.5. The van der Waals surface area contributed by atoms with Crippen molar-refractivity contribution in [1.29, 1.82) is 0 Å². The Morgan fingerprint density at radius 3 is 2.14 bits per heavy atom. The van der Waals surface area contributed by atoms with Crippen molar-refractivity contribution in [3.63, 3.8) is 0 Å². The molecular formula is C29H32N4O3. The van der Waals surface area contributed by atoms with Crippen LogP contribution in [-0.4, -0.2) is 72.6 Å². The van der Waals surface area contributed by atoms with E-state index in [1.54, 1.807) is 9.80 Å². The summed E-state index contributed by atoms with van der Waals surface area (Å²) < 4.78 is 6.19. The van der Waals surface area contributed by atoms with Crippen LogP contribution >= 0.6 is 0 Å². The van der Waals surface area contributed by atoms with E-state index in [1.807, 2.05) is 85.9 Å². The molecule has 7 heteroatoms. The summed E-state index contributed by atoms with van der Waals surface area (Å²) in [5.74, 6) is 0. The Balaban J connectivity index is 1.29. The van der Waals surface area contributed by atoms with Crippen molar-refractivity contribution in [2.24, 2.45) is 0 Å². The van der Waals surface area contributed by atoms with Crippen LogP contribution < -0.4 is 5.32 Å². The van der Waals surface area contributed by atoms with E-state index >= 15 is 0 Å². The molecule has 0 spiro atoms. The number of piperazine rings is 1. The fourth-order valence-electron chi connectivity index (χ4n) is 5.28. The van der Waals surface area contributed by atoms with E-state index in [4.69, 9.17) is 4.74 Å². The lowest BCUT2D eigenvalue weighted by Gasteiger charge is -2.42. The molecule has 0 aliphatic carbocycles. The summed E-state index contributed by atoms with van der Waals surface area (Å²) in [5.41, 5.74) is 2.07. The molecule has 1 N–H and O–H groups in total. The number of nitrogens with zero attached hydrogens (tertiary/aromatic N) is 3. The van der Waals surface area contributed by atoms with Gasteiger partial charge in [0, 0.05) is 50.4 Å². The molecule has 2 aliphatic heterocycles. The first-order valence-corrected chi connectivity index (χ1v) is 12.4. The van der Waals surface area contributed by atoms with Crippen LogP contribution in [0, 0.1) is 0 Å². The molecule has 1 unspecified atom stereocenters. The largest absolute Gasteiger partial charge is 0.431 e. The monoisotopic (exact) mass is 484 g/mol. The first kappa shape index (κ1) is 23.9. The van der Waals surface area contributed by atoms with Gasteiger partial charge in [0.2, 0.25) is 0 Å². The van der Waals surface area contributed by atoms with Gasteiger partial charge in [-0.2, -0.15) is 0 Å². The second-order valence-corrected chi connectivity index (χ2v) is 9.45. The van der Waals surface area contributed by atoms with Gasteiger partial charge in [-0.15, -0.1) is 0 Å². The van der Waals surface area contributed by atoms with E-state index in [1.165, 1.54) is 5.56 Å². The number of rotatable bonds is 7. The summed E-state index contributed by atoms with van der Waals surface area (Å²) >= 11 is 0. The van der Waals surface area contributed by atoms with Gasteiger partial charge in [0.25, 0.3) is 0 Å². The van der Waals surface area contributed by atoms with Gasteiger partial charge in [0.05, 0.1) is 0 Å². The highest BCUT2D eigenvalue weighted by molar-refractivity contribution is 5.77. The van der Waals surface area contributed by atoms with E-state index in [-0.39, 0.29) is 18.2 Å². The lowest BCUT2D eigenvalue weighted by molar-refractivity contribution is 0.0511. The molecule has 0 bridgehead atoms. The number of nitrogens with one attached hydrogen (secondary N) is 1. The zero-order chi connectivity index (χ0) is 25.0. The van der Waals surface area contributed by atoms with Crippen LogP contribution in [0.3, 0.4) is 0 Å². The van der Waals surface area contributed by atoms with Crippen LogP contribution in [-0.2, 0) is 16.9 Å². The fraction of sp³-hybridized carbons (Fsp3) is 0.310. The molecule has 2 fully saturated rings. The molecule has 3 aromatic carbocycles. The number of urea groups is 1. The molecule has 2 heterocycles. The van der Waals surface area contributed by atoms with Gasteiger partial charge >= 0.3 is 12.1 Å². The van der Waals surface area contributed by atoms with Crippen LogP contribution in [0.2, 0.25) is 0 Å². The van der Waals surface area contributed by atoms with Crippen LogP contribution in [0.25, 0.3) is 0 Å². The Labute approximate surface area is 212 Å². The molecule has 3 aromatic rings. The Kier molecular flexibility index (Phi) is 6.91. The standard InChI is InChI=1S/C29H32N4O3/c1-31(21-23-11-5-2-6-12-23)18-17-30-27(34)32-19-20-33-26(22-32)29(36-28(33)35,24-13-7-3-8-14-24)25-15-9-4-10-16-25/h2-16,26H,17-22H2,1H3,(H,30,34). The molecule has 3 amide bonds. The van der Waals surface area contributed by atoms with Crippen molar-refractivity contribution in [2.75, 3.05) is 39.8 Å². The topological polar surface area (TPSA) is 65.1 Å². The van der Waals surface area contributed by atoms with Gasteiger partial charge in [-0.25, -0.2) is 9.59 Å². The van der Waals surface area contributed by atoms with E-state index < -0.39 is 5.60 Å². The average Bonchev–Trinajstić information content (AvgIpc) is 3.23. The first-order valence-electron chi connectivity index (χ1n) is 12.4. The maximum atomic E-state index is 13.1. The molecule has 2 aliphatic rings. The van der Waals surface area contributed by atoms with Crippen LogP contribution in [0.15, 0.2) is 91.0 Å². The molecule has 1 atom stereocenters. The Hall–Kier alpha value is -3.84. The Morgan fingerprint density at radius 2 is 1.53 bits per heavy atom. The minimum Gasteiger partial charge on any atom is -0.431 e. The third-order valence-electron chi connectivity index (χ3n) is 7.09. The summed E-state index contributed by atoms with van der Waals surface area (Å²) in [7, 11) is 2.05. The third-order valence-corrected chi connectivity index (χ3v) is 7.09. The van der Waals surface area contributed by atoms with Crippen molar-refractivity contribution in [2.45, 2.75) is 18.2 Å². The molecule has 0 aromatic heterocycles. The zero-order valence-electron chi connectivity index (χ0n) is 20.5. The van der Waals surface area contributed by atoms with E-state index in [0.29, 0.717) is 26.2 Å². The number of ether oxygens (including phenoxy) is 1. The SMILES string of the molecule is CN(CCNC(=O)N1CCN2C(=O)OC(c3ccccc3)(c3ccccc3)C2C1)Cc1ccccc1. The predicted molar refractivity (Wildman–Crippen MR) is 138 cm³/mol. The summed E-state index contributed by atoms with van der Waals surface area (Å²) in [5, 5.41) is 3.07. The average molecular weight is 485 g/mol. The molecule has 5 rings (SSSR count). The molecule has 2 saturated heterocycles. The summed E-state index contributed by atoms with van der Waals surface area (Å²) in [6.45, 7) is 3.41. The van der Waals surface area contributed by atoms with Gasteiger partial charge in [0.15, 0.2) is 5.60 Å². The quantitative estimate of drug-likeness (QED) is 0.552. The van der Waals surface area contributed by atoms with Gasteiger partial charge in [-0.3, -0.25) is 4.90 Å². The number of carbonyl (C=O) groups excluding carboxylic acids is 2. The second-order valence-electron chi connectivity index (χ2n) is 9.45. The molecular weight excluding hydrogens is 452 g/mol. The number of fused-ring (bicyclic) bond motifs is 1. The van der Waals surface area contributed by atoms with E-state index in [0.717, 1.165) is 24.2 Å². The minimum atomic E-state index is -0.978. The van der Waals surface area contributed by atoms with Gasteiger partial charge in [-0.1, -0.05) is 91.0 Å². The first-order chi connectivity index (χ1) is 17.6. The highest BCUT2D eigenvalue weighted by atomic mass is 16.6. The number of hydrogen-bond acceptors (Lipinski definition) is 4. The number of amides is 3. The second kappa shape index (κ2) is 10.4. The van der Waals surface area contributed by atoms with Gasteiger partial charge in [-0.05, 0) is 12.6 Å². The highest BCUT2D eigenvalue weighted by Gasteiger charge is 2.58. The Morgan fingerprint density at radius 1 is 0.944 bits per heavy atom.